The van der Waals surface area contributed by atoms with Crippen molar-refractivity contribution in [3.05, 3.63) is 91.0 Å². The molecule has 0 saturated heterocycles. The Morgan fingerprint density at radius 2 is 1.15 bits per heavy atom. The summed E-state index contributed by atoms with van der Waals surface area (Å²) in [6.45, 7) is -0.204. The van der Waals surface area contributed by atoms with E-state index in [1.807, 2.05) is 67.3 Å². The van der Waals surface area contributed by atoms with Crippen LogP contribution in [0.5, 0.6) is 0 Å². The summed E-state index contributed by atoms with van der Waals surface area (Å²) in [5.74, 6) is 8.04. The molecule has 3 aromatic carbocycles. The van der Waals surface area contributed by atoms with Gasteiger partial charge in [-0.15, -0.1) is 5.92 Å². The van der Waals surface area contributed by atoms with E-state index in [0.717, 1.165) is 6.42 Å². The molecule has 0 aliphatic rings. The lowest BCUT2D eigenvalue weighted by molar-refractivity contribution is -0.111. The predicted molar refractivity (Wildman–Crippen MR) is 119 cm³/mol. The van der Waals surface area contributed by atoms with Gasteiger partial charge in [0.2, 0.25) is 0 Å². The van der Waals surface area contributed by atoms with Crippen molar-refractivity contribution in [1.29, 1.82) is 0 Å². The number of hydrogen-bond donors (Lipinski definition) is 0. The Labute approximate surface area is 162 Å². The molecule has 0 aliphatic carbocycles. The predicted octanol–water partition coefficient (Wildman–Crippen LogP) is 4.16. The van der Waals surface area contributed by atoms with Gasteiger partial charge in [0, 0.05) is 6.42 Å². The minimum atomic E-state index is -2.20. The number of Topliss-reactive ketones (excluding diaryl/α,β-unsaturated/α-hetero) is 1. The van der Waals surface area contributed by atoms with Crippen LogP contribution in [0.2, 0.25) is 0 Å². The SMILES string of the molecule is CCC#CCC(=O)C=P(c1ccccc1)(c1ccccc1)c1ccccc1. The molecule has 3 rings (SSSR count). The zero-order chi connectivity index (χ0) is 19.0. The highest BCUT2D eigenvalue weighted by Gasteiger charge is 2.25. The van der Waals surface area contributed by atoms with E-state index in [1.165, 1.54) is 15.9 Å². The van der Waals surface area contributed by atoms with Gasteiger partial charge in [0.25, 0.3) is 0 Å². The quantitative estimate of drug-likeness (QED) is 0.487. The van der Waals surface area contributed by atoms with Gasteiger partial charge < -0.3 is 0 Å². The Morgan fingerprint density at radius 1 is 0.741 bits per heavy atom. The van der Waals surface area contributed by atoms with E-state index in [0.29, 0.717) is 0 Å². The van der Waals surface area contributed by atoms with Crippen LogP contribution in [-0.2, 0) is 4.79 Å². The second kappa shape index (κ2) is 9.22. The summed E-state index contributed by atoms with van der Waals surface area (Å²) in [5.41, 5.74) is 0. The third kappa shape index (κ3) is 4.30. The number of hydrogen-bond acceptors (Lipinski definition) is 1. The first-order valence-corrected chi connectivity index (χ1v) is 11.0. The molecule has 0 heterocycles. The maximum absolute atomic E-state index is 12.9. The molecule has 3 aromatic rings. The van der Waals surface area contributed by atoms with Crippen LogP contribution in [0.15, 0.2) is 91.0 Å². The first-order valence-electron chi connectivity index (χ1n) is 9.17. The fraction of sp³-hybridized carbons (Fsp3) is 0.120. The van der Waals surface area contributed by atoms with E-state index in [1.54, 1.807) is 0 Å². The van der Waals surface area contributed by atoms with Crippen LogP contribution < -0.4 is 15.9 Å². The van der Waals surface area contributed by atoms with E-state index >= 15 is 0 Å². The van der Waals surface area contributed by atoms with Gasteiger partial charge in [0.1, 0.15) is 0 Å². The lowest BCUT2D eigenvalue weighted by atomic mass is 10.3. The molecule has 0 N–H and O–H groups in total. The Kier molecular flexibility index (Phi) is 6.48. The lowest BCUT2D eigenvalue weighted by Crippen LogP contribution is -2.28. The van der Waals surface area contributed by atoms with E-state index in [-0.39, 0.29) is 12.2 Å². The van der Waals surface area contributed by atoms with Crippen LogP contribution in [0.4, 0.5) is 0 Å². The van der Waals surface area contributed by atoms with Crippen molar-refractivity contribution >= 4 is 34.4 Å². The fourth-order valence-electron chi connectivity index (χ4n) is 3.20. The topological polar surface area (TPSA) is 17.1 Å². The van der Waals surface area contributed by atoms with Gasteiger partial charge in [0.15, 0.2) is 5.78 Å². The molecule has 0 radical (unpaired) electrons. The van der Waals surface area contributed by atoms with Crippen molar-refractivity contribution < 1.29 is 4.79 Å². The van der Waals surface area contributed by atoms with Crippen molar-refractivity contribution in [2.45, 2.75) is 19.8 Å². The third-order valence-electron chi connectivity index (χ3n) is 4.39. The molecule has 0 aromatic heterocycles. The first kappa shape index (κ1) is 19.0. The molecule has 0 unspecified atom stereocenters. The standard InChI is InChI=1S/C25H23OP/c1-2-3-7-14-22(26)21-27(23-15-8-4-9-16-23,24-17-10-5-11-18-24)25-19-12-6-13-20-25/h4-6,8-13,15-21H,2,14H2,1H3. The Morgan fingerprint density at radius 3 is 1.52 bits per heavy atom. The third-order valence-corrected chi connectivity index (χ3v) is 8.41. The fourth-order valence-corrected chi connectivity index (χ4v) is 6.99. The zero-order valence-corrected chi connectivity index (χ0v) is 16.4. The van der Waals surface area contributed by atoms with Crippen molar-refractivity contribution in [3.63, 3.8) is 0 Å². The number of carbonyl (C=O) groups is 1. The minimum absolute atomic E-state index is 0.0841. The summed E-state index contributed by atoms with van der Waals surface area (Å²) in [6.07, 6.45) is 1.03. The van der Waals surface area contributed by atoms with Gasteiger partial charge in [-0.05, 0) is 28.6 Å². The molecule has 0 fully saturated rings. The van der Waals surface area contributed by atoms with E-state index in [2.05, 4.69) is 48.2 Å². The molecule has 0 atom stereocenters. The van der Waals surface area contributed by atoms with Gasteiger partial charge in [-0.3, -0.25) is 4.79 Å². The monoisotopic (exact) mass is 370 g/mol. The Balaban J connectivity index is 2.31. The van der Waals surface area contributed by atoms with Crippen LogP contribution in [0.1, 0.15) is 19.8 Å². The van der Waals surface area contributed by atoms with Crippen LogP contribution in [0.3, 0.4) is 0 Å². The van der Waals surface area contributed by atoms with Gasteiger partial charge in [-0.25, -0.2) is 0 Å². The molecule has 134 valence electrons. The van der Waals surface area contributed by atoms with Crippen molar-refractivity contribution in [2.75, 3.05) is 0 Å². The van der Waals surface area contributed by atoms with Gasteiger partial charge in [-0.1, -0.05) is 104 Å². The van der Waals surface area contributed by atoms with Crippen LogP contribution in [-0.4, -0.2) is 11.6 Å². The summed E-state index contributed by atoms with van der Waals surface area (Å²) < 4.78 is 0. The lowest BCUT2D eigenvalue weighted by Gasteiger charge is -2.28. The van der Waals surface area contributed by atoms with Crippen molar-refractivity contribution in [1.82, 2.24) is 0 Å². The van der Waals surface area contributed by atoms with Gasteiger partial charge >= 0.3 is 0 Å². The first-order chi connectivity index (χ1) is 13.3. The van der Waals surface area contributed by atoms with E-state index < -0.39 is 6.89 Å². The van der Waals surface area contributed by atoms with Crippen molar-refractivity contribution in [3.8, 4) is 11.8 Å². The molecule has 0 spiro atoms. The molecule has 1 nitrogen and oxygen atoms in total. The summed E-state index contributed by atoms with van der Waals surface area (Å²) >= 11 is 0. The molecule has 0 amide bonds. The molecular formula is C25H23OP. The maximum Gasteiger partial charge on any atom is 0.168 e. The average Bonchev–Trinajstić information content (AvgIpc) is 2.74. The van der Waals surface area contributed by atoms with Crippen LogP contribution in [0.25, 0.3) is 0 Å². The Bertz CT molecular complexity index is 890. The van der Waals surface area contributed by atoms with E-state index in [9.17, 15) is 4.79 Å². The van der Waals surface area contributed by atoms with Crippen LogP contribution in [0, 0.1) is 11.8 Å². The second-order valence-electron chi connectivity index (χ2n) is 6.21. The number of rotatable bonds is 5. The molecule has 0 bridgehead atoms. The molecule has 0 aliphatic heterocycles. The smallest absolute Gasteiger partial charge is 0.168 e. The van der Waals surface area contributed by atoms with Crippen LogP contribution >= 0.6 is 6.89 Å². The zero-order valence-electron chi connectivity index (χ0n) is 15.5. The highest BCUT2D eigenvalue weighted by atomic mass is 31.2. The maximum atomic E-state index is 12.9. The number of carbonyl (C=O) groups excluding carboxylic acids is 1. The summed E-state index contributed by atoms with van der Waals surface area (Å²) in [4.78, 5) is 12.9. The molecule has 0 saturated carbocycles. The van der Waals surface area contributed by atoms with Crippen molar-refractivity contribution in [2.24, 2.45) is 0 Å². The Hall–Kier alpha value is -2.81. The highest BCUT2D eigenvalue weighted by Crippen LogP contribution is 2.43. The van der Waals surface area contributed by atoms with Gasteiger partial charge in [-0.2, -0.15) is 0 Å². The molecule has 2 heteroatoms. The van der Waals surface area contributed by atoms with Gasteiger partial charge in [0.05, 0.1) is 6.42 Å². The summed E-state index contributed by atoms with van der Waals surface area (Å²) in [6, 6.07) is 31.1. The minimum Gasteiger partial charge on any atom is -0.294 e. The number of benzene rings is 3. The summed E-state index contributed by atoms with van der Waals surface area (Å²) in [5, 5.41) is 3.54. The number of ketones is 1. The largest absolute Gasteiger partial charge is 0.294 e. The normalized spacial score (nSPS) is 10.6. The molecule has 27 heavy (non-hydrogen) atoms. The van der Waals surface area contributed by atoms with E-state index in [4.69, 9.17) is 0 Å². The highest BCUT2D eigenvalue weighted by molar-refractivity contribution is 7.95. The molecular weight excluding hydrogens is 347 g/mol. The second-order valence-corrected chi connectivity index (χ2v) is 9.46. The summed E-state index contributed by atoms with van der Waals surface area (Å²) in [7, 11) is 0. The average molecular weight is 370 g/mol.